The van der Waals surface area contributed by atoms with Crippen molar-refractivity contribution in [2.24, 2.45) is 5.92 Å². The lowest BCUT2D eigenvalue weighted by atomic mass is 9.83. The summed E-state index contributed by atoms with van der Waals surface area (Å²) in [6.45, 7) is 10.9. The van der Waals surface area contributed by atoms with Gasteiger partial charge >= 0.3 is 0 Å². The standard InChI is InChI=1S/C50H45N3O/c1-33(2)27-37-31-41(23-24-42(37)35-17-10-7-11-18-35)53-46-21-14-20-43(48(46)52-49(53)44-19-12-13-22-47(44)54)38-28-39(30-40(29-38)50(3,4)5)45-32-36(25-26-51-45)34-15-8-6-9-16-34/h6-26,28-33,54H,27H2,1-5H3/i6D,8D,9D,15D,16D. The molecule has 0 aliphatic carbocycles. The Labute approximate surface area is 325 Å². The minimum atomic E-state index is -0.428. The number of rotatable bonds is 8. The highest BCUT2D eigenvalue weighted by molar-refractivity contribution is 5.97. The van der Waals surface area contributed by atoms with E-state index in [-0.39, 0.29) is 40.9 Å². The Morgan fingerprint density at radius 2 is 1.41 bits per heavy atom. The summed E-state index contributed by atoms with van der Waals surface area (Å²) in [4.78, 5) is 10.1. The van der Waals surface area contributed by atoms with Crippen LogP contribution in [0.4, 0.5) is 0 Å². The van der Waals surface area contributed by atoms with E-state index in [1.54, 1.807) is 24.4 Å². The van der Waals surface area contributed by atoms with Crippen molar-refractivity contribution in [2.75, 3.05) is 0 Å². The Bertz CT molecular complexity index is 2870. The highest BCUT2D eigenvalue weighted by atomic mass is 16.3. The zero-order valence-corrected chi connectivity index (χ0v) is 31.2. The normalized spacial score (nSPS) is 13.0. The van der Waals surface area contributed by atoms with E-state index in [9.17, 15) is 5.11 Å². The third-order valence-electron chi connectivity index (χ3n) is 9.84. The number of fused-ring (bicyclic) bond motifs is 1. The third kappa shape index (κ3) is 6.83. The van der Waals surface area contributed by atoms with Crippen molar-refractivity contribution < 1.29 is 12.0 Å². The molecule has 1 N–H and O–H groups in total. The van der Waals surface area contributed by atoms with Gasteiger partial charge in [-0.1, -0.05) is 132 Å². The predicted molar refractivity (Wildman–Crippen MR) is 225 cm³/mol. The molecule has 266 valence electrons. The van der Waals surface area contributed by atoms with Gasteiger partial charge in [-0.2, -0.15) is 0 Å². The van der Waals surface area contributed by atoms with Crippen LogP contribution in [-0.2, 0) is 11.8 Å². The summed E-state index contributed by atoms with van der Waals surface area (Å²) in [7, 11) is 0. The highest BCUT2D eigenvalue weighted by Gasteiger charge is 2.23. The Morgan fingerprint density at radius 1 is 0.667 bits per heavy atom. The fourth-order valence-electron chi connectivity index (χ4n) is 7.17. The van der Waals surface area contributed by atoms with E-state index < -0.39 is 6.04 Å². The quantitative estimate of drug-likeness (QED) is 0.171. The molecule has 0 saturated carbocycles. The number of nitrogens with zero attached hydrogens (tertiary/aromatic N) is 3. The molecule has 2 heterocycles. The Kier molecular flexibility index (Phi) is 7.73. The minimum Gasteiger partial charge on any atom is -0.507 e. The number of imidazole rings is 1. The Morgan fingerprint density at radius 3 is 2.17 bits per heavy atom. The van der Waals surface area contributed by atoms with Gasteiger partial charge < -0.3 is 5.11 Å². The number of pyridine rings is 1. The van der Waals surface area contributed by atoms with Crippen molar-refractivity contribution in [1.29, 1.82) is 0 Å². The van der Waals surface area contributed by atoms with E-state index >= 15 is 0 Å². The van der Waals surface area contributed by atoms with Crippen LogP contribution < -0.4 is 0 Å². The van der Waals surface area contributed by atoms with Gasteiger partial charge in [0.15, 0.2) is 0 Å². The van der Waals surface area contributed by atoms with E-state index in [2.05, 4.69) is 112 Å². The van der Waals surface area contributed by atoms with E-state index in [0.29, 0.717) is 28.6 Å². The van der Waals surface area contributed by atoms with Crippen LogP contribution in [0.1, 0.15) is 52.6 Å². The van der Waals surface area contributed by atoms with Crippen molar-refractivity contribution >= 4 is 11.0 Å². The molecule has 0 amide bonds. The van der Waals surface area contributed by atoms with Gasteiger partial charge in [-0.25, -0.2) is 4.98 Å². The molecule has 0 aliphatic rings. The number of hydrogen-bond donors (Lipinski definition) is 1. The zero-order valence-electron chi connectivity index (χ0n) is 36.2. The predicted octanol–water partition coefficient (Wildman–Crippen LogP) is 13.0. The number of para-hydroxylation sites is 2. The van der Waals surface area contributed by atoms with Crippen LogP contribution in [0.2, 0.25) is 0 Å². The lowest BCUT2D eigenvalue weighted by molar-refractivity contribution is 0.477. The van der Waals surface area contributed by atoms with Gasteiger partial charge in [0.2, 0.25) is 0 Å². The fourth-order valence-corrected chi connectivity index (χ4v) is 7.17. The van der Waals surface area contributed by atoms with Gasteiger partial charge in [0.25, 0.3) is 0 Å². The lowest BCUT2D eigenvalue weighted by Crippen LogP contribution is -2.11. The number of aromatic hydroxyl groups is 1. The molecule has 8 rings (SSSR count). The first kappa shape index (κ1) is 29.2. The van der Waals surface area contributed by atoms with Gasteiger partial charge in [-0.05, 0) is 111 Å². The number of phenols is 1. The number of phenolic OH excluding ortho intramolecular Hbond substituents is 1. The van der Waals surface area contributed by atoms with Crippen molar-refractivity contribution in [3.63, 3.8) is 0 Å². The van der Waals surface area contributed by atoms with Gasteiger partial charge in [0.1, 0.15) is 11.6 Å². The maximum atomic E-state index is 11.3. The molecule has 0 aliphatic heterocycles. The second-order valence-electron chi connectivity index (χ2n) is 15.2. The van der Waals surface area contributed by atoms with Gasteiger partial charge in [-0.15, -0.1) is 0 Å². The monoisotopic (exact) mass is 708 g/mol. The SMILES string of the molecule is [2H]c1c([2H])c([2H])c(-c2ccnc(-c3cc(-c4cccc5c4nc(-c4ccccc4O)n5-c4ccc(-c5ccccc5)c(CC(C)C)c4)cc(C(C)(C)C)c3)c2)c([2H])c1[2H]. The van der Waals surface area contributed by atoms with Gasteiger partial charge in [-0.3, -0.25) is 9.55 Å². The Hall–Kier alpha value is -6.26. The van der Waals surface area contributed by atoms with Crippen LogP contribution in [0, 0.1) is 5.92 Å². The topological polar surface area (TPSA) is 50.9 Å². The maximum absolute atomic E-state index is 11.3. The first-order chi connectivity index (χ1) is 28.2. The average molecular weight is 709 g/mol. The average Bonchev–Trinajstić information content (AvgIpc) is 3.62. The molecule has 0 spiro atoms. The molecule has 6 aromatic carbocycles. The van der Waals surface area contributed by atoms with E-state index in [1.165, 1.54) is 11.1 Å². The second-order valence-corrected chi connectivity index (χ2v) is 15.2. The van der Waals surface area contributed by atoms with Crippen molar-refractivity contribution in [1.82, 2.24) is 14.5 Å². The summed E-state index contributed by atoms with van der Waals surface area (Å²) in [5.74, 6) is 1.18. The number of hydrogen-bond acceptors (Lipinski definition) is 3. The minimum absolute atomic E-state index is 0.132. The molecule has 2 aromatic heterocycles. The highest BCUT2D eigenvalue weighted by Crippen LogP contribution is 2.41. The van der Waals surface area contributed by atoms with Crippen LogP contribution in [0.25, 0.3) is 72.7 Å². The van der Waals surface area contributed by atoms with Crippen molar-refractivity contribution in [2.45, 2.75) is 46.5 Å². The van der Waals surface area contributed by atoms with E-state index in [1.807, 2.05) is 30.3 Å². The molecule has 4 heteroatoms. The molecule has 0 radical (unpaired) electrons. The number of aromatic nitrogens is 3. The van der Waals surface area contributed by atoms with Gasteiger partial charge in [0.05, 0.1) is 29.1 Å². The molecule has 0 fully saturated rings. The van der Waals surface area contributed by atoms with E-state index in [0.717, 1.165) is 51.0 Å². The summed E-state index contributed by atoms with van der Waals surface area (Å²) in [6.07, 6.45) is 2.50. The molecule has 0 atom stereocenters. The molecule has 0 saturated heterocycles. The molecule has 0 unspecified atom stereocenters. The molecular formula is C50H45N3O. The molecular weight excluding hydrogens is 659 g/mol. The third-order valence-corrected chi connectivity index (χ3v) is 9.84. The van der Waals surface area contributed by atoms with Crippen molar-refractivity contribution in [3.8, 4) is 67.5 Å². The summed E-state index contributed by atoms with van der Waals surface area (Å²) >= 11 is 0. The van der Waals surface area contributed by atoms with Crippen molar-refractivity contribution in [3.05, 3.63) is 169 Å². The summed E-state index contributed by atoms with van der Waals surface area (Å²) < 4.78 is 44.0. The summed E-state index contributed by atoms with van der Waals surface area (Å²) in [5.41, 5.74) is 11.4. The first-order valence-electron chi connectivity index (χ1n) is 20.9. The summed E-state index contributed by atoms with van der Waals surface area (Å²) in [6, 6.07) is 38.7. The van der Waals surface area contributed by atoms with Crippen LogP contribution in [0.5, 0.6) is 5.75 Å². The summed E-state index contributed by atoms with van der Waals surface area (Å²) in [5, 5.41) is 11.3. The maximum Gasteiger partial charge on any atom is 0.149 e. The lowest BCUT2D eigenvalue weighted by Gasteiger charge is -2.22. The smallest absolute Gasteiger partial charge is 0.149 e. The molecule has 8 aromatic rings. The fraction of sp³-hybridized carbons (Fsp3) is 0.160. The van der Waals surface area contributed by atoms with Crippen LogP contribution >= 0.6 is 0 Å². The van der Waals surface area contributed by atoms with Crippen LogP contribution in [0.3, 0.4) is 0 Å². The van der Waals surface area contributed by atoms with E-state index in [4.69, 9.17) is 16.8 Å². The largest absolute Gasteiger partial charge is 0.507 e. The molecule has 4 nitrogen and oxygen atoms in total. The zero-order chi connectivity index (χ0) is 41.7. The number of benzene rings is 6. The van der Waals surface area contributed by atoms with Crippen LogP contribution in [0.15, 0.2) is 158 Å². The Balaban J connectivity index is 1.35. The van der Waals surface area contributed by atoms with Gasteiger partial charge in [0, 0.05) is 23.0 Å². The molecule has 0 bridgehead atoms. The second kappa shape index (κ2) is 14.3. The molecule has 54 heavy (non-hydrogen) atoms. The first-order valence-corrected chi connectivity index (χ1v) is 18.4. The van der Waals surface area contributed by atoms with Crippen LogP contribution in [-0.4, -0.2) is 19.6 Å².